The molecule has 0 unspecified atom stereocenters. The maximum Gasteiger partial charge on any atom is 0.280 e. The molecule has 0 fully saturated rings. The van der Waals surface area contributed by atoms with Crippen LogP contribution in [0, 0.1) is 0 Å². The van der Waals surface area contributed by atoms with E-state index in [0.29, 0.717) is 15.8 Å². The SMILES string of the molecule is C[C@H](Oc1ccc(Cl)cc1Cl)C(=O)N/N=C\c1ccc(C(C)(C)C)cc1. The van der Waals surface area contributed by atoms with Crippen LogP contribution in [0.3, 0.4) is 0 Å². The zero-order valence-electron chi connectivity index (χ0n) is 15.2. The Kier molecular flexibility index (Phi) is 6.68. The van der Waals surface area contributed by atoms with Gasteiger partial charge in [0, 0.05) is 5.02 Å². The Labute approximate surface area is 164 Å². The average molecular weight is 393 g/mol. The molecule has 0 saturated heterocycles. The van der Waals surface area contributed by atoms with E-state index in [0.717, 1.165) is 5.56 Å². The van der Waals surface area contributed by atoms with Crippen LogP contribution < -0.4 is 10.2 Å². The van der Waals surface area contributed by atoms with Crippen LogP contribution in [0.1, 0.15) is 38.8 Å². The monoisotopic (exact) mass is 392 g/mol. The summed E-state index contributed by atoms with van der Waals surface area (Å²) in [7, 11) is 0. The van der Waals surface area contributed by atoms with Crippen LogP contribution >= 0.6 is 23.2 Å². The van der Waals surface area contributed by atoms with Gasteiger partial charge < -0.3 is 4.74 Å². The van der Waals surface area contributed by atoms with E-state index in [9.17, 15) is 4.79 Å². The summed E-state index contributed by atoms with van der Waals surface area (Å²) in [5.41, 5.74) is 4.69. The highest BCUT2D eigenvalue weighted by atomic mass is 35.5. The van der Waals surface area contributed by atoms with Gasteiger partial charge >= 0.3 is 0 Å². The summed E-state index contributed by atoms with van der Waals surface area (Å²) in [6.07, 6.45) is 0.834. The molecule has 0 radical (unpaired) electrons. The van der Waals surface area contributed by atoms with Crippen molar-refractivity contribution in [2.75, 3.05) is 0 Å². The van der Waals surface area contributed by atoms with Crippen LogP contribution in [0.15, 0.2) is 47.6 Å². The van der Waals surface area contributed by atoms with Gasteiger partial charge in [-0.15, -0.1) is 0 Å². The number of rotatable bonds is 5. The van der Waals surface area contributed by atoms with Crippen molar-refractivity contribution >= 4 is 35.3 Å². The lowest BCUT2D eigenvalue weighted by Gasteiger charge is -2.18. The van der Waals surface area contributed by atoms with Crippen LogP contribution in [0.25, 0.3) is 0 Å². The van der Waals surface area contributed by atoms with Crippen molar-refractivity contribution in [1.29, 1.82) is 0 Å². The van der Waals surface area contributed by atoms with Crippen LogP contribution in [-0.4, -0.2) is 18.2 Å². The van der Waals surface area contributed by atoms with Gasteiger partial charge in [0.25, 0.3) is 5.91 Å². The van der Waals surface area contributed by atoms with Gasteiger partial charge in [-0.3, -0.25) is 4.79 Å². The van der Waals surface area contributed by atoms with E-state index in [4.69, 9.17) is 27.9 Å². The Balaban J connectivity index is 1.91. The summed E-state index contributed by atoms with van der Waals surface area (Å²) in [5.74, 6) is 0.0130. The van der Waals surface area contributed by atoms with Gasteiger partial charge in [0.1, 0.15) is 5.75 Å². The van der Waals surface area contributed by atoms with Crippen LogP contribution in [0.5, 0.6) is 5.75 Å². The van der Waals surface area contributed by atoms with Gasteiger partial charge in [0.15, 0.2) is 6.10 Å². The molecule has 0 saturated carbocycles. The molecule has 0 aliphatic heterocycles. The van der Waals surface area contributed by atoms with Gasteiger partial charge in [0.2, 0.25) is 0 Å². The second-order valence-electron chi connectivity index (χ2n) is 6.94. The summed E-state index contributed by atoms with van der Waals surface area (Å²) in [6.45, 7) is 8.09. The van der Waals surface area contributed by atoms with Crippen molar-refractivity contribution in [3.05, 3.63) is 63.6 Å². The minimum atomic E-state index is -0.755. The van der Waals surface area contributed by atoms with E-state index in [2.05, 4.69) is 43.4 Å². The average Bonchev–Trinajstić information content (AvgIpc) is 2.57. The highest BCUT2D eigenvalue weighted by molar-refractivity contribution is 6.35. The molecule has 1 amide bonds. The molecule has 0 aromatic heterocycles. The number of hydrogen-bond donors (Lipinski definition) is 1. The molecule has 138 valence electrons. The molecular weight excluding hydrogens is 371 g/mol. The number of nitrogens with zero attached hydrogens (tertiary/aromatic N) is 1. The third-order valence-electron chi connectivity index (χ3n) is 3.73. The number of carbonyl (C=O) groups is 1. The highest BCUT2D eigenvalue weighted by Gasteiger charge is 2.16. The second-order valence-corrected chi connectivity index (χ2v) is 7.78. The number of benzene rings is 2. The maximum atomic E-state index is 12.1. The Morgan fingerprint density at radius 1 is 1.15 bits per heavy atom. The highest BCUT2D eigenvalue weighted by Crippen LogP contribution is 2.28. The quantitative estimate of drug-likeness (QED) is 0.560. The minimum Gasteiger partial charge on any atom is -0.479 e. The zero-order chi connectivity index (χ0) is 19.3. The molecule has 26 heavy (non-hydrogen) atoms. The summed E-state index contributed by atoms with van der Waals surface area (Å²) in [4.78, 5) is 12.1. The Hall–Kier alpha value is -2.04. The Morgan fingerprint density at radius 2 is 1.81 bits per heavy atom. The fourth-order valence-corrected chi connectivity index (χ4v) is 2.60. The van der Waals surface area contributed by atoms with Gasteiger partial charge in [-0.2, -0.15) is 5.10 Å². The van der Waals surface area contributed by atoms with Crippen LogP contribution in [0.2, 0.25) is 10.0 Å². The van der Waals surface area contributed by atoms with Gasteiger partial charge in [-0.1, -0.05) is 68.2 Å². The van der Waals surface area contributed by atoms with E-state index < -0.39 is 6.10 Å². The van der Waals surface area contributed by atoms with Crippen molar-refractivity contribution in [3.63, 3.8) is 0 Å². The zero-order valence-corrected chi connectivity index (χ0v) is 16.7. The topological polar surface area (TPSA) is 50.7 Å². The third-order valence-corrected chi connectivity index (χ3v) is 4.26. The first-order chi connectivity index (χ1) is 12.2. The van der Waals surface area contributed by atoms with Crippen molar-refractivity contribution in [2.45, 2.75) is 39.2 Å². The lowest BCUT2D eigenvalue weighted by Crippen LogP contribution is -2.33. The second kappa shape index (κ2) is 8.56. The van der Waals surface area contributed by atoms with E-state index >= 15 is 0 Å². The van der Waals surface area contributed by atoms with Gasteiger partial charge in [-0.05, 0) is 41.7 Å². The molecule has 2 aromatic rings. The number of halogens is 2. The van der Waals surface area contributed by atoms with Crippen molar-refractivity contribution in [1.82, 2.24) is 5.43 Å². The Bertz CT molecular complexity index is 796. The first kappa shape index (κ1) is 20.3. The third kappa shape index (κ3) is 5.75. The maximum absolute atomic E-state index is 12.1. The molecule has 0 aliphatic rings. The molecule has 4 nitrogen and oxygen atoms in total. The summed E-state index contributed by atoms with van der Waals surface area (Å²) < 4.78 is 5.54. The summed E-state index contributed by atoms with van der Waals surface area (Å²) in [5, 5.41) is 4.82. The molecule has 1 atom stereocenters. The fraction of sp³-hybridized carbons (Fsp3) is 0.300. The van der Waals surface area contributed by atoms with E-state index in [-0.39, 0.29) is 11.3 Å². The smallest absolute Gasteiger partial charge is 0.280 e. The standard InChI is InChI=1S/C20H22Cl2N2O2/c1-13(26-18-10-9-16(21)11-17(18)22)19(25)24-23-12-14-5-7-15(8-6-14)20(2,3)4/h5-13H,1-4H3,(H,24,25)/b23-12-/t13-/m0/s1. The van der Waals surface area contributed by atoms with E-state index in [1.54, 1.807) is 31.3 Å². The van der Waals surface area contributed by atoms with Gasteiger partial charge in [0.05, 0.1) is 11.2 Å². The van der Waals surface area contributed by atoms with Crippen molar-refractivity contribution in [2.24, 2.45) is 5.10 Å². The molecule has 0 bridgehead atoms. The summed E-state index contributed by atoms with van der Waals surface area (Å²) in [6, 6.07) is 12.9. The molecule has 0 heterocycles. The molecule has 0 spiro atoms. The number of nitrogens with one attached hydrogen (secondary N) is 1. The predicted octanol–water partition coefficient (Wildman–Crippen LogP) is 5.21. The first-order valence-electron chi connectivity index (χ1n) is 8.22. The number of carbonyl (C=O) groups excluding carboxylic acids is 1. The van der Waals surface area contributed by atoms with E-state index in [1.165, 1.54) is 5.56 Å². The van der Waals surface area contributed by atoms with Crippen molar-refractivity contribution in [3.8, 4) is 5.75 Å². The van der Waals surface area contributed by atoms with Gasteiger partial charge in [-0.25, -0.2) is 5.43 Å². The lowest BCUT2D eigenvalue weighted by atomic mass is 9.87. The fourth-order valence-electron chi connectivity index (χ4n) is 2.15. The van der Waals surface area contributed by atoms with E-state index in [1.807, 2.05) is 12.1 Å². The Morgan fingerprint density at radius 3 is 2.38 bits per heavy atom. The number of ether oxygens (including phenoxy) is 1. The molecule has 6 heteroatoms. The molecule has 0 aliphatic carbocycles. The number of amides is 1. The molecule has 2 rings (SSSR count). The molecule has 2 aromatic carbocycles. The van der Waals surface area contributed by atoms with Crippen molar-refractivity contribution < 1.29 is 9.53 Å². The van der Waals surface area contributed by atoms with Crippen LogP contribution in [-0.2, 0) is 10.2 Å². The molecule has 1 N–H and O–H groups in total. The number of hydrogen-bond acceptors (Lipinski definition) is 3. The summed E-state index contributed by atoms with van der Waals surface area (Å²) >= 11 is 11.9. The van der Waals surface area contributed by atoms with Crippen LogP contribution in [0.4, 0.5) is 0 Å². The number of hydrazone groups is 1. The minimum absolute atomic E-state index is 0.0968. The lowest BCUT2D eigenvalue weighted by molar-refractivity contribution is -0.127. The first-order valence-corrected chi connectivity index (χ1v) is 8.97. The molecular formula is C20H22Cl2N2O2. The predicted molar refractivity (Wildman–Crippen MR) is 107 cm³/mol. The largest absolute Gasteiger partial charge is 0.479 e. The normalized spacial score (nSPS) is 12.8.